The summed E-state index contributed by atoms with van der Waals surface area (Å²) in [5.41, 5.74) is 3.04. The number of hydrogen-bond acceptors (Lipinski definition) is 3. The summed E-state index contributed by atoms with van der Waals surface area (Å²) in [5, 5.41) is 3.06. The third-order valence-electron chi connectivity index (χ3n) is 5.56. The Kier molecular flexibility index (Phi) is 5.59. The Hall–Kier alpha value is -3.12. The van der Waals surface area contributed by atoms with E-state index >= 15 is 0 Å². The van der Waals surface area contributed by atoms with Gasteiger partial charge in [-0.2, -0.15) is 0 Å². The van der Waals surface area contributed by atoms with Crippen LogP contribution in [0.3, 0.4) is 0 Å². The Labute approximate surface area is 177 Å². The van der Waals surface area contributed by atoms with Crippen LogP contribution in [0, 0.1) is 0 Å². The van der Waals surface area contributed by atoms with Gasteiger partial charge in [-0.3, -0.25) is 9.10 Å². The number of carbonyl (C=O) groups excluding carboxylic acids is 1. The number of benzene rings is 3. The summed E-state index contributed by atoms with van der Waals surface area (Å²) >= 11 is 0. The minimum atomic E-state index is -3.90. The SMILES string of the molecule is CN(c1ccccc1)S(=O)(=O)c1ccccc1C(=O)NC1CCCc2ccccc21. The fraction of sp³-hybridized carbons (Fsp3) is 0.208. The van der Waals surface area contributed by atoms with E-state index in [1.54, 1.807) is 42.5 Å². The van der Waals surface area contributed by atoms with Gasteiger partial charge in [0.15, 0.2) is 0 Å². The zero-order valence-corrected chi connectivity index (χ0v) is 17.6. The third-order valence-corrected chi connectivity index (χ3v) is 7.41. The standard InChI is InChI=1S/C24H24N2O3S/c1-26(19-12-3-2-4-13-19)30(28,29)23-17-8-7-15-21(23)24(27)25-22-16-9-11-18-10-5-6-14-20(18)22/h2-8,10,12-15,17,22H,9,11,16H2,1H3,(H,25,27). The Morgan fingerprint density at radius 1 is 0.933 bits per heavy atom. The molecule has 154 valence electrons. The minimum Gasteiger partial charge on any atom is -0.345 e. The largest absolute Gasteiger partial charge is 0.345 e. The average Bonchev–Trinajstić information content (AvgIpc) is 2.79. The molecule has 0 spiro atoms. The predicted molar refractivity (Wildman–Crippen MR) is 118 cm³/mol. The first kappa shape index (κ1) is 20.2. The van der Waals surface area contributed by atoms with E-state index < -0.39 is 10.0 Å². The molecule has 4 rings (SSSR count). The summed E-state index contributed by atoms with van der Waals surface area (Å²) in [6.45, 7) is 0. The Bertz CT molecular complexity index is 1160. The van der Waals surface area contributed by atoms with Crippen molar-refractivity contribution in [2.24, 2.45) is 0 Å². The van der Waals surface area contributed by atoms with Crippen molar-refractivity contribution in [3.05, 3.63) is 95.6 Å². The van der Waals surface area contributed by atoms with Crippen molar-refractivity contribution in [2.75, 3.05) is 11.4 Å². The number of nitrogens with zero attached hydrogens (tertiary/aromatic N) is 1. The average molecular weight is 421 g/mol. The van der Waals surface area contributed by atoms with Gasteiger partial charge in [-0.05, 0) is 54.7 Å². The van der Waals surface area contributed by atoms with Gasteiger partial charge in [0.1, 0.15) is 4.90 Å². The maximum Gasteiger partial charge on any atom is 0.264 e. The number of nitrogens with one attached hydrogen (secondary N) is 1. The number of fused-ring (bicyclic) bond motifs is 1. The lowest BCUT2D eigenvalue weighted by molar-refractivity contribution is 0.0929. The molecule has 0 radical (unpaired) electrons. The van der Waals surface area contributed by atoms with Gasteiger partial charge in [0, 0.05) is 7.05 Å². The number of anilines is 1. The number of sulfonamides is 1. The summed E-state index contributed by atoms with van der Waals surface area (Å²) in [5.74, 6) is -0.377. The van der Waals surface area contributed by atoms with E-state index in [0.717, 1.165) is 24.8 Å². The van der Waals surface area contributed by atoms with Crippen molar-refractivity contribution in [2.45, 2.75) is 30.2 Å². The van der Waals surface area contributed by atoms with Crippen LogP contribution < -0.4 is 9.62 Å². The van der Waals surface area contributed by atoms with Crippen molar-refractivity contribution < 1.29 is 13.2 Å². The summed E-state index contributed by atoms with van der Waals surface area (Å²) in [6.07, 6.45) is 2.82. The first-order valence-electron chi connectivity index (χ1n) is 10.00. The van der Waals surface area contributed by atoms with E-state index in [0.29, 0.717) is 5.69 Å². The van der Waals surface area contributed by atoms with Crippen molar-refractivity contribution in [3.63, 3.8) is 0 Å². The number of para-hydroxylation sites is 1. The summed E-state index contributed by atoms with van der Waals surface area (Å²) in [6, 6.07) is 23.2. The second-order valence-corrected chi connectivity index (χ2v) is 9.36. The van der Waals surface area contributed by atoms with Crippen LogP contribution in [0.15, 0.2) is 83.8 Å². The molecular formula is C24H24N2O3S. The van der Waals surface area contributed by atoms with Crippen LogP contribution in [0.2, 0.25) is 0 Å². The maximum atomic E-state index is 13.3. The number of amides is 1. The molecule has 0 fully saturated rings. The van der Waals surface area contributed by atoms with Gasteiger partial charge < -0.3 is 5.32 Å². The fourth-order valence-corrected chi connectivity index (χ4v) is 5.33. The van der Waals surface area contributed by atoms with Crippen LogP contribution in [0.5, 0.6) is 0 Å². The molecule has 30 heavy (non-hydrogen) atoms. The maximum absolute atomic E-state index is 13.3. The van der Waals surface area contributed by atoms with Crippen LogP contribution in [-0.2, 0) is 16.4 Å². The molecule has 1 aliphatic carbocycles. The molecule has 0 heterocycles. The Balaban J connectivity index is 1.65. The number of aryl methyl sites for hydroxylation is 1. The lowest BCUT2D eigenvalue weighted by atomic mass is 9.87. The highest BCUT2D eigenvalue weighted by molar-refractivity contribution is 7.92. The van der Waals surface area contributed by atoms with Crippen LogP contribution in [-0.4, -0.2) is 21.4 Å². The van der Waals surface area contributed by atoms with Crippen molar-refractivity contribution in [3.8, 4) is 0 Å². The van der Waals surface area contributed by atoms with Crippen molar-refractivity contribution >= 4 is 21.6 Å². The van der Waals surface area contributed by atoms with Crippen LogP contribution in [0.1, 0.15) is 40.4 Å². The monoisotopic (exact) mass is 420 g/mol. The molecule has 1 aliphatic rings. The van der Waals surface area contributed by atoms with E-state index in [2.05, 4.69) is 11.4 Å². The topological polar surface area (TPSA) is 66.5 Å². The van der Waals surface area contributed by atoms with E-state index in [-0.39, 0.29) is 22.4 Å². The quantitative estimate of drug-likeness (QED) is 0.669. The summed E-state index contributed by atoms with van der Waals surface area (Å²) < 4.78 is 27.8. The van der Waals surface area contributed by atoms with E-state index in [4.69, 9.17) is 0 Å². The molecule has 6 heteroatoms. The third kappa shape index (κ3) is 3.83. The summed E-state index contributed by atoms with van der Waals surface area (Å²) in [7, 11) is -2.40. The fourth-order valence-electron chi connectivity index (χ4n) is 3.94. The Morgan fingerprint density at radius 2 is 1.60 bits per heavy atom. The highest BCUT2D eigenvalue weighted by Crippen LogP contribution is 2.30. The number of hydrogen-bond donors (Lipinski definition) is 1. The van der Waals surface area contributed by atoms with Gasteiger partial charge in [0.25, 0.3) is 15.9 Å². The molecule has 1 unspecified atom stereocenters. The molecular weight excluding hydrogens is 396 g/mol. The van der Waals surface area contributed by atoms with E-state index in [1.165, 1.54) is 23.0 Å². The van der Waals surface area contributed by atoms with Crippen LogP contribution in [0.25, 0.3) is 0 Å². The van der Waals surface area contributed by atoms with Crippen molar-refractivity contribution in [1.82, 2.24) is 5.32 Å². The lowest BCUT2D eigenvalue weighted by Crippen LogP contribution is -2.33. The normalized spacial score (nSPS) is 15.8. The number of rotatable bonds is 5. The van der Waals surface area contributed by atoms with Gasteiger partial charge in [-0.15, -0.1) is 0 Å². The van der Waals surface area contributed by atoms with Gasteiger partial charge in [-0.25, -0.2) is 8.42 Å². The first-order chi connectivity index (χ1) is 14.5. The van der Waals surface area contributed by atoms with Gasteiger partial charge >= 0.3 is 0 Å². The highest BCUT2D eigenvalue weighted by Gasteiger charge is 2.28. The van der Waals surface area contributed by atoms with Gasteiger partial charge in [0.2, 0.25) is 0 Å². The molecule has 0 bridgehead atoms. The molecule has 3 aromatic rings. The number of carbonyl (C=O) groups is 1. The molecule has 1 amide bonds. The van der Waals surface area contributed by atoms with Gasteiger partial charge in [0.05, 0.1) is 17.3 Å². The second-order valence-electron chi connectivity index (χ2n) is 7.42. The van der Waals surface area contributed by atoms with Crippen molar-refractivity contribution in [1.29, 1.82) is 0 Å². The zero-order valence-electron chi connectivity index (χ0n) is 16.8. The smallest absolute Gasteiger partial charge is 0.264 e. The molecule has 0 aromatic heterocycles. The predicted octanol–water partition coefficient (Wildman–Crippen LogP) is 4.32. The van der Waals surface area contributed by atoms with Gasteiger partial charge in [-0.1, -0.05) is 54.6 Å². The molecule has 0 saturated heterocycles. The molecule has 1 N–H and O–H groups in total. The molecule has 1 atom stereocenters. The molecule has 0 saturated carbocycles. The molecule has 3 aromatic carbocycles. The zero-order chi connectivity index (χ0) is 21.1. The first-order valence-corrected chi connectivity index (χ1v) is 11.4. The lowest BCUT2D eigenvalue weighted by Gasteiger charge is -2.27. The minimum absolute atomic E-state index is 0.00190. The van der Waals surface area contributed by atoms with E-state index in [9.17, 15) is 13.2 Å². The van der Waals surface area contributed by atoms with Crippen LogP contribution in [0.4, 0.5) is 5.69 Å². The second kappa shape index (κ2) is 8.32. The summed E-state index contributed by atoms with van der Waals surface area (Å²) in [4.78, 5) is 13.2. The van der Waals surface area contributed by atoms with Crippen LogP contribution >= 0.6 is 0 Å². The Morgan fingerprint density at radius 3 is 2.40 bits per heavy atom. The van der Waals surface area contributed by atoms with E-state index in [1.807, 2.05) is 24.3 Å². The molecule has 0 aliphatic heterocycles. The molecule has 5 nitrogen and oxygen atoms in total. The highest BCUT2D eigenvalue weighted by atomic mass is 32.2.